The second kappa shape index (κ2) is 8.09. The van der Waals surface area contributed by atoms with Crippen molar-refractivity contribution in [3.63, 3.8) is 0 Å². The van der Waals surface area contributed by atoms with Gasteiger partial charge in [0, 0.05) is 39.1 Å². The zero-order chi connectivity index (χ0) is 21.4. The molecule has 31 heavy (non-hydrogen) atoms. The van der Waals surface area contributed by atoms with Crippen LogP contribution in [0, 0.1) is 6.92 Å². The molecule has 6 nitrogen and oxygen atoms in total. The molecule has 4 aromatic rings. The Morgan fingerprint density at radius 3 is 2.81 bits per heavy atom. The summed E-state index contributed by atoms with van der Waals surface area (Å²) in [5.41, 5.74) is 10.3. The van der Waals surface area contributed by atoms with E-state index in [1.165, 1.54) is 5.56 Å². The molecule has 1 amide bonds. The van der Waals surface area contributed by atoms with E-state index in [1.54, 1.807) is 17.4 Å². The number of aromatic nitrogens is 2. The highest BCUT2D eigenvalue weighted by molar-refractivity contribution is 7.20. The van der Waals surface area contributed by atoms with Gasteiger partial charge in [0.1, 0.15) is 5.82 Å². The maximum Gasteiger partial charge on any atom is 0.250 e. The van der Waals surface area contributed by atoms with Crippen molar-refractivity contribution in [3.05, 3.63) is 75.8 Å². The first-order chi connectivity index (χ1) is 15.1. The molecular weight excluding hydrogens is 408 g/mol. The van der Waals surface area contributed by atoms with E-state index in [-0.39, 0.29) is 0 Å². The van der Waals surface area contributed by atoms with Crippen molar-refractivity contribution in [2.75, 3.05) is 11.9 Å². The molecule has 0 aliphatic carbocycles. The summed E-state index contributed by atoms with van der Waals surface area (Å²) in [4.78, 5) is 22.8. The van der Waals surface area contributed by atoms with Crippen molar-refractivity contribution in [2.24, 2.45) is 5.73 Å². The van der Waals surface area contributed by atoms with Gasteiger partial charge in [-0.15, -0.1) is 11.3 Å². The Bertz CT molecular complexity index is 1280. The summed E-state index contributed by atoms with van der Waals surface area (Å²) in [7, 11) is 0. The van der Waals surface area contributed by atoms with Crippen molar-refractivity contribution in [3.8, 4) is 11.4 Å². The Kier molecular flexibility index (Phi) is 5.13. The minimum Gasteiger partial charge on any atom is -0.376 e. The molecule has 5 rings (SSSR count). The van der Waals surface area contributed by atoms with Gasteiger partial charge in [-0.05, 0) is 18.6 Å². The fourth-order valence-electron chi connectivity index (χ4n) is 3.98. The lowest BCUT2D eigenvalue weighted by atomic mass is 10.1. The number of rotatable bonds is 5. The first-order valence-corrected chi connectivity index (χ1v) is 11.0. The molecule has 0 spiro atoms. The summed E-state index contributed by atoms with van der Waals surface area (Å²) in [6, 6.07) is 15.9. The summed E-state index contributed by atoms with van der Waals surface area (Å²) >= 11 is 1.56. The van der Waals surface area contributed by atoms with Crippen LogP contribution in [0.3, 0.4) is 0 Å². The molecule has 0 radical (unpaired) electrons. The quantitative estimate of drug-likeness (QED) is 0.488. The molecule has 1 aliphatic rings. The van der Waals surface area contributed by atoms with Gasteiger partial charge < -0.3 is 15.8 Å². The van der Waals surface area contributed by atoms with Crippen LogP contribution in [0.15, 0.2) is 48.5 Å². The number of ether oxygens (including phenoxy) is 1. The Hall–Kier alpha value is -3.29. The Balaban J connectivity index is 1.62. The largest absolute Gasteiger partial charge is 0.376 e. The number of anilines is 1. The third kappa shape index (κ3) is 3.66. The lowest BCUT2D eigenvalue weighted by Gasteiger charge is -2.20. The van der Waals surface area contributed by atoms with Crippen LogP contribution in [0.2, 0.25) is 0 Å². The molecule has 0 fully saturated rings. The molecule has 0 saturated heterocycles. The number of thiophene rings is 1. The third-order valence-electron chi connectivity index (χ3n) is 5.51. The molecule has 0 saturated carbocycles. The van der Waals surface area contributed by atoms with E-state index in [0.717, 1.165) is 44.0 Å². The highest BCUT2D eigenvalue weighted by Gasteiger charge is 2.23. The van der Waals surface area contributed by atoms with Crippen molar-refractivity contribution in [1.29, 1.82) is 0 Å². The lowest BCUT2D eigenvalue weighted by Crippen LogP contribution is -2.17. The monoisotopic (exact) mass is 430 g/mol. The van der Waals surface area contributed by atoms with Crippen LogP contribution in [0.5, 0.6) is 0 Å². The fourth-order valence-corrected chi connectivity index (χ4v) is 5.15. The first-order valence-electron chi connectivity index (χ1n) is 10.2. The number of carbonyl (C=O) groups is 1. The molecule has 2 aromatic heterocycles. The first kappa shape index (κ1) is 19.7. The smallest absolute Gasteiger partial charge is 0.250 e. The van der Waals surface area contributed by atoms with Crippen LogP contribution in [0.1, 0.15) is 32.1 Å². The minimum atomic E-state index is -0.424. The van der Waals surface area contributed by atoms with Gasteiger partial charge in [0.05, 0.1) is 24.5 Å². The van der Waals surface area contributed by atoms with Crippen LogP contribution in [-0.4, -0.2) is 22.5 Å². The molecule has 7 heteroatoms. The van der Waals surface area contributed by atoms with Crippen molar-refractivity contribution in [2.45, 2.75) is 26.5 Å². The Morgan fingerprint density at radius 2 is 2.00 bits per heavy atom. The fraction of sp³-hybridized carbons (Fsp3) is 0.208. The van der Waals surface area contributed by atoms with Crippen molar-refractivity contribution >= 4 is 33.1 Å². The van der Waals surface area contributed by atoms with Gasteiger partial charge in [0.2, 0.25) is 5.91 Å². The summed E-state index contributed by atoms with van der Waals surface area (Å²) in [6.45, 7) is 3.85. The van der Waals surface area contributed by atoms with Gasteiger partial charge >= 0.3 is 0 Å². The van der Waals surface area contributed by atoms with Gasteiger partial charge in [0.15, 0.2) is 5.82 Å². The number of aryl methyl sites for hydroxylation is 1. The molecule has 0 unspecified atom stereocenters. The summed E-state index contributed by atoms with van der Waals surface area (Å²) in [5, 5.41) is 4.44. The number of carbonyl (C=O) groups excluding carboxylic acids is 1. The van der Waals surface area contributed by atoms with Gasteiger partial charge in [-0.2, -0.15) is 0 Å². The van der Waals surface area contributed by atoms with Crippen LogP contribution >= 0.6 is 11.3 Å². The molecule has 3 heterocycles. The third-order valence-corrected chi connectivity index (χ3v) is 6.66. The zero-order valence-corrected chi connectivity index (χ0v) is 18.0. The molecule has 156 valence electrons. The average molecular weight is 431 g/mol. The lowest BCUT2D eigenvalue weighted by molar-refractivity contribution is 0.100. The van der Waals surface area contributed by atoms with E-state index in [4.69, 9.17) is 20.4 Å². The highest BCUT2D eigenvalue weighted by atomic mass is 32.1. The minimum absolute atomic E-state index is 0.424. The Labute approximate surface area is 184 Å². The van der Waals surface area contributed by atoms with E-state index in [9.17, 15) is 4.79 Å². The van der Waals surface area contributed by atoms with E-state index < -0.39 is 5.91 Å². The predicted molar refractivity (Wildman–Crippen MR) is 123 cm³/mol. The highest BCUT2D eigenvalue weighted by Crippen LogP contribution is 2.39. The molecule has 1 aliphatic heterocycles. The molecule has 0 atom stereocenters. The number of amides is 1. The summed E-state index contributed by atoms with van der Waals surface area (Å²) in [6.07, 6.45) is 0.749. The van der Waals surface area contributed by atoms with E-state index in [2.05, 4.69) is 17.4 Å². The number of fused-ring (bicyclic) bond motifs is 2. The maximum absolute atomic E-state index is 11.9. The SMILES string of the molecule is Cc1sc2c(C(N)=O)cccc2c1-c1nc2c(c(NCc3ccccc3)n1)COCC2. The zero-order valence-electron chi connectivity index (χ0n) is 17.1. The van der Waals surface area contributed by atoms with Crippen molar-refractivity contribution < 1.29 is 9.53 Å². The van der Waals surface area contributed by atoms with Crippen LogP contribution in [0.4, 0.5) is 5.82 Å². The van der Waals surface area contributed by atoms with E-state index in [0.29, 0.717) is 31.1 Å². The van der Waals surface area contributed by atoms with Crippen LogP contribution in [0.25, 0.3) is 21.5 Å². The number of nitrogens with one attached hydrogen (secondary N) is 1. The van der Waals surface area contributed by atoms with Gasteiger partial charge in [-0.25, -0.2) is 9.97 Å². The number of benzene rings is 2. The van der Waals surface area contributed by atoms with Crippen LogP contribution < -0.4 is 11.1 Å². The number of nitrogens with zero attached hydrogens (tertiary/aromatic N) is 2. The number of nitrogens with two attached hydrogens (primary N) is 1. The van der Waals surface area contributed by atoms with Crippen LogP contribution in [-0.2, 0) is 24.3 Å². The standard InChI is InChI=1S/C24H22N4O2S/c1-14-20(16-8-5-9-17(22(25)29)21(16)31-14)24-27-19-10-11-30-13-18(19)23(28-24)26-12-15-6-3-2-4-7-15/h2-9H,10-13H2,1H3,(H2,25,29)(H,26,27,28). The second-order valence-corrected chi connectivity index (χ2v) is 8.77. The molecular formula is C24H22N4O2S. The van der Waals surface area contributed by atoms with Gasteiger partial charge in [0.25, 0.3) is 0 Å². The maximum atomic E-state index is 11.9. The predicted octanol–water partition coefficient (Wildman–Crippen LogP) is 4.45. The number of hydrogen-bond acceptors (Lipinski definition) is 6. The number of hydrogen-bond donors (Lipinski definition) is 2. The van der Waals surface area contributed by atoms with Crippen molar-refractivity contribution in [1.82, 2.24) is 9.97 Å². The van der Waals surface area contributed by atoms with E-state index in [1.807, 2.05) is 37.3 Å². The Morgan fingerprint density at radius 1 is 1.16 bits per heavy atom. The molecule has 0 bridgehead atoms. The van der Waals surface area contributed by atoms with Gasteiger partial charge in [-0.1, -0.05) is 42.5 Å². The molecule has 3 N–H and O–H groups in total. The summed E-state index contributed by atoms with van der Waals surface area (Å²) < 4.78 is 6.57. The van der Waals surface area contributed by atoms with E-state index >= 15 is 0 Å². The normalized spacial score (nSPS) is 13.2. The second-order valence-electron chi connectivity index (χ2n) is 7.54. The summed E-state index contributed by atoms with van der Waals surface area (Å²) in [5.74, 6) is 1.04. The van der Waals surface area contributed by atoms with Gasteiger partial charge in [-0.3, -0.25) is 4.79 Å². The topological polar surface area (TPSA) is 90.1 Å². The average Bonchev–Trinajstić information content (AvgIpc) is 3.13. The molecule has 2 aromatic carbocycles. The number of primary amides is 1.